The lowest BCUT2D eigenvalue weighted by Gasteiger charge is -2.29. The minimum absolute atomic E-state index is 0.217. The summed E-state index contributed by atoms with van der Waals surface area (Å²) in [6, 6.07) is 0.715. The van der Waals surface area contributed by atoms with Crippen molar-refractivity contribution >= 4 is 0 Å². The van der Waals surface area contributed by atoms with E-state index < -0.39 is 0 Å². The van der Waals surface area contributed by atoms with Crippen LogP contribution >= 0.6 is 0 Å². The van der Waals surface area contributed by atoms with Crippen molar-refractivity contribution in [2.45, 2.75) is 65.5 Å². The van der Waals surface area contributed by atoms with E-state index in [0.29, 0.717) is 6.04 Å². The fraction of sp³-hybridized carbons (Fsp3) is 0.857. The van der Waals surface area contributed by atoms with Gasteiger partial charge in [0.2, 0.25) is 0 Å². The molecule has 0 spiro atoms. The van der Waals surface area contributed by atoms with Crippen LogP contribution < -0.4 is 5.32 Å². The Morgan fingerprint density at radius 2 is 1.94 bits per heavy atom. The lowest BCUT2D eigenvalue weighted by molar-refractivity contribution is 0.185. The van der Waals surface area contributed by atoms with Gasteiger partial charge < -0.3 is 10.4 Å². The number of nitrogens with one attached hydrogen (secondary N) is 1. The van der Waals surface area contributed by atoms with E-state index in [1.54, 1.807) is 0 Å². The highest BCUT2D eigenvalue weighted by Gasteiger charge is 2.19. The number of aliphatic hydroxyl groups excluding tert-OH is 1. The molecule has 0 bridgehead atoms. The average Bonchev–Trinajstić information content (AvgIpc) is 2.20. The smallest absolute Gasteiger partial charge is 0.0584 e. The third kappa shape index (κ3) is 7.89. The molecule has 0 aliphatic heterocycles. The van der Waals surface area contributed by atoms with Gasteiger partial charge in [-0.1, -0.05) is 33.8 Å². The normalized spacial score (nSPS) is 15.8. The third-order valence-corrected chi connectivity index (χ3v) is 2.76. The first kappa shape index (κ1) is 15.7. The fourth-order valence-corrected chi connectivity index (χ4v) is 1.97. The monoisotopic (exact) mass is 227 g/mol. The zero-order valence-corrected chi connectivity index (χ0v) is 11.4. The second-order valence-electron chi connectivity index (χ2n) is 5.78. The maximum Gasteiger partial charge on any atom is 0.0584 e. The van der Waals surface area contributed by atoms with Crippen molar-refractivity contribution in [1.82, 2.24) is 5.32 Å². The third-order valence-electron chi connectivity index (χ3n) is 2.76. The van der Waals surface area contributed by atoms with Crippen molar-refractivity contribution in [2.75, 3.05) is 6.61 Å². The zero-order chi connectivity index (χ0) is 12.6. The Hall–Kier alpha value is -0.340. The van der Waals surface area contributed by atoms with Crippen LogP contribution in [0.4, 0.5) is 0 Å². The molecule has 96 valence electrons. The first-order valence-electron chi connectivity index (χ1n) is 6.40. The summed E-state index contributed by atoms with van der Waals surface area (Å²) in [5.74, 6) is 0. The van der Waals surface area contributed by atoms with Crippen LogP contribution in [0.5, 0.6) is 0 Å². The molecule has 0 heterocycles. The van der Waals surface area contributed by atoms with Crippen molar-refractivity contribution in [3.05, 3.63) is 12.7 Å². The summed E-state index contributed by atoms with van der Waals surface area (Å²) in [5, 5.41) is 12.9. The summed E-state index contributed by atoms with van der Waals surface area (Å²) in [6.45, 7) is 12.8. The molecule has 2 heteroatoms. The van der Waals surface area contributed by atoms with Gasteiger partial charge in [0.25, 0.3) is 0 Å². The highest BCUT2D eigenvalue weighted by atomic mass is 16.3. The lowest BCUT2D eigenvalue weighted by atomic mass is 9.88. The zero-order valence-electron chi connectivity index (χ0n) is 11.4. The van der Waals surface area contributed by atoms with E-state index in [2.05, 4.69) is 39.6 Å². The largest absolute Gasteiger partial charge is 0.395 e. The van der Waals surface area contributed by atoms with Crippen molar-refractivity contribution in [1.29, 1.82) is 0 Å². The molecule has 0 aromatic carbocycles. The second kappa shape index (κ2) is 7.86. The van der Waals surface area contributed by atoms with E-state index in [4.69, 9.17) is 0 Å². The first-order chi connectivity index (χ1) is 7.42. The van der Waals surface area contributed by atoms with Crippen molar-refractivity contribution in [2.24, 2.45) is 5.41 Å². The molecule has 0 aromatic rings. The maximum atomic E-state index is 9.38. The van der Waals surface area contributed by atoms with Gasteiger partial charge in [-0.05, 0) is 31.1 Å². The quantitative estimate of drug-likeness (QED) is 0.624. The summed E-state index contributed by atoms with van der Waals surface area (Å²) in [6.07, 6.45) is 6.23. The van der Waals surface area contributed by atoms with Gasteiger partial charge in [-0.25, -0.2) is 0 Å². The van der Waals surface area contributed by atoms with Crippen LogP contribution in [0.1, 0.15) is 53.4 Å². The predicted molar refractivity (Wildman–Crippen MR) is 71.6 cm³/mol. The Bertz CT molecular complexity index is 184. The summed E-state index contributed by atoms with van der Waals surface area (Å²) >= 11 is 0. The SMILES string of the molecule is C=CCCC(CC)NC(CO)CC(C)(C)C. The molecule has 0 aromatic heterocycles. The predicted octanol–water partition coefficient (Wildman–Crippen LogP) is 3.12. The summed E-state index contributed by atoms with van der Waals surface area (Å²) in [5.41, 5.74) is 0.261. The molecular weight excluding hydrogens is 198 g/mol. The van der Waals surface area contributed by atoms with Gasteiger partial charge in [0.15, 0.2) is 0 Å². The number of rotatable bonds is 8. The van der Waals surface area contributed by atoms with Crippen LogP contribution in [0.15, 0.2) is 12.7 Å². The van der Waals surface area contributed by atoms with E-state index in [0.717, 1.165) is 25.7 Å². The molecule has 0 aliphatic rings. The van der Waals surface area contributed by atoms with Gasteiger partial charge in [0.05, 0.1) is 6.61 Å². The lowest BCUT2D eigenvalue weighted by Crippen LogP contribution is -2.42. The molecule has 0 aliphatic carbocycles. The topological polar surface area (TPSA) is 32.3 Å². The van der Waals surface area contributed by atoms with Crippen LogP contribution in [0.25, 0.3) is 0 Å². The van der Waals surface area contributed by atoms with E-state index in [1.165, 1.54) is 0 Å². The molecular formula is C14H29NO. The Morgan fingerprint density at radius 3 is 2.31 bits per heavy atom. The minimum atomic E-state index is 0.217. The Labute approximate surface area is 101 Å². The summed E-state index contributed by atoms with van der Waals surface area (Å²) in [7, 11) is 0. The number of hydrogen-bond acceptors (Lipinski definition) is 2. The summed E-state index contributed by atoms with van der Waals surface area (Å²) < 4.78 is 0. The van der Waals surface area contributed by atoms with Crippen molar-refractivity contribution in [3.63, 3.8) is 0 Å². The van der Waals surface area contributed by atoms with E-state index in [1.807, 2.05) is 6.08 Å². The summed E-state index contributed by atoms with van der Waals surface area (Å²) in [4.78, 5) is 0. The molecule has 0 saturated heterocycles. The molecule has 0 radical (unpaired) electrons. The highest BCUT2D eigenvalue weighted by Crippen LogP contribution is 2.21. The molecule has 0 fully saturated rings. The van der Waals surface area contributed by atoms with Crippen LogP contribution in [-0.4, -0.2) is 23.8 Å². The molecule has 2 nitrogen and oxygen atoms in total. The van der Waals surface area contributed by atoms with E-state index >= 15 is 0 Å². The number of aliphatic hydroxyl groups is 1. The molecule has 16 heavy (non-hydrogen) atoms. The van der Waals surface area contributed by atoms with E-state index in [9.17, 15) is 5.11 Å². The minimum Gasteiger partial charge on any atom is -0.395 e. The van der Waals surface area contributed by atoms with Crippen LogP contribution in [-0.2, 0) is 0 Å². The standard InChI is InChI=1S/C14H29NO/c1-6-8-9-12(7-2)15-13(11-16)10-14(3,4)5/h6,12-13,15-16H,1,7-11H2,2-5H3. The van der Waals surface area contributed by atoms with Gasteiger partial charge in [0.1, 0.15) is 0 Å². The van der Waals surface area contributed by atoms with Gasteiger partial charge in [-0.15, -0.1) is 6.58 Å². The van der Waals surface area contributed by atoms with Crippen molar-refractivity contribution in [3.8, 4) is 0 Å². The average molecular weight is 227 g/mol. The second-order valence-corrected chi connectivity index (χ2v) is 5.78. The molecule has 0 rings (SSSR count). The van der Waals surface area contributed by atoms with Gasteiger partial charge in [0, 0.05) is 12.1 Å². The highest BCUT2D eigenvalue weighted by molar-refractivity contribution is 4.80. The Balaban J connectivity index is 4.11. The van der Waals surface area contributed by atoms with Crippen LogP contribution in [0, 0.1) is 5.41 Å². The molecule has 2 unspecified atom stereocenters. The molecule has 0 saturated carbocycles. The molecule has 0 amide bonds. The number of hydrogen-bond donors (Lipinski definition) is 2. The Kier molecular flexibility index (Phi) is 7.69. The maximum absolute atomic E-state index is 9.38. The molecule has 2 N–H and O–H groups in total. The number of allylic oxidation sites excluding steroid dienone is 1. The van der Waals surface area contributed by atoms with Crippen molar-refractivity contribution < 1.29 is 5.11 Å². The van der Waals surface area contributed by atoms with E-state index in [-0.39, 0.29) is 18.1 Å². The molecule has 2 atom stereocenters. The van der Waals surface area contributed by atoms with Crippen LogP contribution in [0.3, 0.4) is 0 Å². The van der Waals surface area contributed by atoms with Gasteiger partial charge in [-0.3, -0.25) is 0 Å². The van der Waals surface area contributed by atoms with Gasteiger partial charge >= 0.3 is 0 Å². The van der Waals surface area contributed by atoms with Crippen LogP contribution in [0.2, 0.25) is 0 Å². The first-order valence-corrected chi connectivity index (χ1v) is 6.40. The van der Waals surface area contributed by atoms with Gasteiger partial charge in [-0.2, -0.15) is 0 Å². The fourth-order valence-electron chi connectivity index (χ4n) is 1.97. The Morgan fingerprint density at radius 1 is 1.31 bits per heavy atom.